The van der Waals surface area contributed by atoms with Crippen LogP contribution in [-0.2, 0) is 0 Å². The monoisotopic (exact) mass is 266 g/mol. The van der Waals surface area contributed by atoms with E-state index in [9.17, 15) is 5.11 Å². The van der Waals surface area contributed by atoms with Crippen LogP contribution in [0.15, 0.2) is 18.2 Å². The molecule has 1 N–H and O–H groups in total. The Morgan fingerprint density at radius 1 is 1.44 bits per heavy atom. The summed E-state index contributed by atoms with van der Waals surface area (Å²) in [5.74, 6) is 4.50. The first-order chi connectivity index (χ1) is 8.78. The molecule has 1 aromatic carbocycles. The fourth-order valence-electron chi connectivity index (χ4n) is 2.71. The van der Waals surface area contributed by atoms with Crippen molar-refractivity contribution in [2.75, 3.05) is 18.6 Å². The first-order valence-electron chi connectivity index (χ1n) is 6.38. The topological polar surface area (TPSA) is 38.7 Å². The number of aliphatic hydroxyl groups is 1. The summed E-state index contributed by atoms with van der Waals surface area (Å²) in [6.45, 7) is 0. The SMILES string of the molecule is COc1ccc2c(c1)OC(C1CCSC1)CC2O. The number of hydrogen-bond donors (Lipinski definition) is 1. The van der Waals surface area contributed by atoms with Crippen molar-refractivity contribution in [3.05, 3.63) is 23.8 Å². The Morgan fingerprint density at radius 2 is 2.33 bits per heavy atom. The van der Waals surface area contributed by atoms with E-state index in [1.165, 1.54) is 12.2 Å². The van der Waals surface area contributed by atoms with Crippen LogP contribution in [0.3, 0.4) is 0 Å². The van der Waals surface area contributed by atoms with E-state index in [-0.39, 0.29) is 6.10 Å². The zero-order valence-corrected chi connectivity index (χ0v) is 11.3. The number of hydrogen-bond acceptors (Lipinski definition) is 4. The van der Waals surface area contributed by atoms with E-state index in [1.807, 2.05) is 30.0 Å². The van der Waals surface area contributed by atoms with Gasteiger partial charge in [0.25, 0.3) is 0 Å². The van der Waals surface area contributed by atoms with E-state index in [0.717, 1.165) is 22.8 Å². The van der Waals surface area contributed by atoms with Crippen molar-refractivity contribution >= 4 is 11.8 Å². The second-order valence-corrected chi connectivity index (χ2v) is 6.09. The molecule has 1 saturated heterocycles. The van der Waals surface area contributed by atoms with Gasteiger partial charge in [-0.25, -0.2) is 0 Å². The largest absolute Gasteiger partial charge is 0.497 e. The van der Waals surface area contributed by atoms with Gasteiger partial charge in [-0.3, -0.25) is 0 Å². The molecule has 0 aliphatic carbocycles. The van der Waals surface area contributed by atoms with E-state index in [0.29, 0.717) is 12.3 Å². The van der Waals surface area contributed by atoms with Gasteiger partial charge in [-0.15, -0.1) is 0 Å². The van der Waals surface area contributed by atoms with Crippen LogP contribution in [0.2, 0.25) is 0 Å². The maximum atomic E-state index is 10.2. The Bertz CT molecular complexity index is 429. The van der Waals surface area contributed by atoms with Crippen LogP contribution in [-0.4, -0.2) is 29.8 Å². The number of aliphatic hydroxyl groups excluding tert-OH is 1. The highest BCUT2D eigenvalue weighted by atomic mass is 32.2. The van der Waals surface area contributed by atoms with Gasteiger partial charge in [0.2, 0.25) is 0 Å². The fraction of sp³-hybridized carbons (Fsp3) is 0.571. The Morgan fingerprint density at radius 3 is 3.06 bits per heavy atom. The van der Waals surface area contributed by atoms with Crippen molar-refractivity contribution in [1.82, 2.24) is 0 Å². The van der Waals surface area contributed by atoms with Gasteiger partial charge in [0.15, 0.2) is 0 Å². The lowest BCUT2D eigenvalue weighted by atomic mass is 9.91. The van der Waals surface area contributed by atoms with Gasteiger partial charge < -0.3 is 14.6 Å². The van der Waals surface area contributed by atoms with Crippen LogP contribution in [0.5, 0.6) is 11.5 Å². The lowest BCUT2D eigenvalue weighted by Crippen LogP contribution is -2.32. The average molecular weight is 266 g/mol. The van der Waals surface area contributed by atoms with Crippen molar-refractivity contribution in [1.29, 1.82) is 0 Å². The minimum Gasteiger partial charge on any atom is -0.497 e. The number of fused-ring (bicyclic) bond motifs is 1. The van der Waals surface area contributed by atoms with Gasteiger partial charge >= 0.3 is 0 Å². The number of thioether (sulfide) groups is 1. The summed E-state index contributed by atoms with van der Waals surface area (Å²) < 4.78 is 11.3. The summed E-state index contributed by atoms with van der Waals surface area (Å²) >= 11 is 1.98. The van der Waals surface area contributed by atoms with Gasteiger partial charge in [0, 0.05) is 24.0 Å². The van der Waals surface area contributed by atoms with Crippen LogP contribution >= 0.6 is 11.8 Å². The van der Waals surface area contributed by atoms with Gasteiger partial charge in [0.1, 0.15) is 17.6 Å². The fourth-order valence-corrected chi connectivity index (χ4v) is 4.03. The molecule has 0 spiro atoms. The van der Waals surface area contributed by atoms with Crippen molar-refractivity contribution in [3.63, 3.8) is 0 Å². The van der Waals surface area contributed by atoms with Crippen molar-refractivity contribution < 1.29 is 14.6 Å². The zero-order chi connectivity index (χ0) is 12.5. The van der Waals surface area contributed by atoms with Crippen LogP contribution in [0.4, 0.5) is 0 Å². The quantitative estimate of drug-likeness (QED) is 0.893. The van der Waals surface area contributed by atoms with E-state index in [2.05, 4.69) is 0 Å². The van der Waals surface area contributed by atoms with Crippen LogP contribution < -0.4 is 9.47 Å². The van der Waals surface area contributed by atoms with Gasteiger partial charge in [-0.2, -0.15) is 11.8 Å². The summed E-state index contributed by atoms with van der Waals surface area (Å²) in [5.41, 5.74) is 0.887. The summed E-state index contributed by atoms with van der Waals surface area (Å²) in [4.78, 5) is 0. The molecule has 0 saturated carbocycles. The molecule has 0 amide bonds. The molecule has 3 nitrogen and oxygen atoms in total. The Kier molecular flexibility index (Phi) is 3.39. The minimum absolute atomic E-state index is 0.148. The average Bonchev–Trinajstić information content (AvgIpc) is 2.91. The predicted octanol–water partition coefficient (Wildman–Crippen LogP) is 2.63. The molecule has 2 aliphatic rings. The van der Waals surface area contributed by atoms with Gasteiger partial charge in [-0.05, 0) is 30.1 Å². The summed E-state index contributed by atoms with van der Waals surface area (Å²) in [5, 5.41) is 10.2. The van der Waals surface area contributed by atoms with Gasteiger partial charge in [0.05, 0.1) is 13.2 Å². The molecule has 18 heavy (non-hydrogen) atoms. The van der Waals surface area contributed by atoms with E-state index in [4.69, 9.17) is 9.47 Å². The Labute approximate surface area is 111 Å². The van der Waals surface area contributed by atoms with Crippen LogP contribution in [0.1, 0.15) is 24.5 Å². The third-order valence-electron chi connectivity index (χ3n) is 3.80. The molecule has 3 rings (SSSR count). The summed E-state index contributed by atoms with van der Waals surface area (Å²) in [6, 6.07) is 5.66. The Hall–Kier alpha value is -0.870. The number of ether oxygens (including phenoxy) is 2. The molecule has 1 fully saturated rings. The molecule has 2 heterocycles. The highest BCUT2D eigenvalue weighted by Crippen LogP contribution is 2.41. The number of benzene rings is 1. The molecule has 0 aromatic heterocycles. The van der Waals surface area contributed by atoms with E-state index >= 15 is 0 Å². The molecule has 4 heteroatoms. The molecular weight excluding hydrogens is 248 g/mol. The zero-order valence-electron chi connectivity index (χ0n) is 10.5. The normalized spacial score (nSPS) is 30.7. The maximum Gasteiger partial charge on any atom is 0.129 e. The first kappa shape index (κ1) is 12.2. The first-order valence-corrected chi connectivity index (χ1v) is 7.54. The van der Waals surface area contributed by atoms with E-state index in [1.54, 1.807) is 7.11 Å². The molecule has 1 aromatic rings. The third-order valence-corrected chi connectivity index (χ3v) is 4.99. The van der Waals surface area contributed by atoms with E-state index < -0.39 is 6.10 Å². The standard InChI is InChI=1S/C14H18O3S/c1-16-10-2-3-11-12(15)7-13(17-14(11)6-10)9-4-5-18-8-9/h2-3,6,9,12-13,15H,4-5,7-8H2,1H3. The molecule has 0 bridgehead atoms. The molecular formula is C14H18O3S. The maximum absolute atomic E-state index is 10.2. The predicted molar refractivity (Wildman–Crippen MR) is 72.4 cm³/mol. The molecule has 3 unspecified atom stereocenters. The highest BCUT2D eigenvalue weighted by Gasteiger charge is 2.34. The molecule has 2 aliphatic heterocycles. The second-order valence-electron chi connectivity index (χ2n) is 4.94. The minimum atomic E-state index is -0.407. The highest BCUT2D eigenvalue weighted by molar-refractivity contribution is 7.99. The molecule has 3 atom stereocenters. The third kappa shape index (κ3) is 2.19. The van der Waals surface area contributed by atoms with Crippen molar-refractivity contribution in [3.8, 4) is 11.5 Å². The molecule has 98 valence electrons. The smallest absolute Gasteiger partial charge is 0.129 e. The lowest BCUT2D eigenvalue weighted by molar-refractivity contribution is 0.0400. The van der Waals surface area contributed by atoms with Gasteiger partial charge in [-0.1, -0.05) is 0 Å². The van der Waals surface area contributed by atoms with Crippen molar-refractivity contribution in [2.45, 2.75) is 25.0 Å². The Balaban J connectivity index is 1.85. The molecule has 0 radical (unpaired) electrons. The lowest BCUT2D eigenvalue weighted by Gasteiger charge is -2.33. The number of methoxy groups -OCH3 is 1. The van der Waals surface area contributed by atoms with Crippen LogP contribution in [0.25, 0.3) is 0 Å². The van der Waals surface area contributed by atoms with Crippen LogP contribution in [0, 0.1) is 5.92 Å². The van der Waals surface area contributed by atoms with Crippen molar-refractivity contribution in [2.24, 2.45) is 5.92 Å². The second kappa shape index (κ2) is 5.02. The summed E-state index contributed by atoms with van der Waals surface area (Å²) in [6.07, 6.45) is 1.65. The number of rotatable bonds is 2. The summed E-state index contributed by atoms with van der Waals surface area (Å²) in [7, 11) is 1.64.